The van der Waals surface area contributed by atoms with Gasteiger partial charge in [-0.1, -0.05) is 0 Å². The van der Waals surface area contributed by atoms with E-state index in [4.69, 9.17) is 18.2 Å². The fourth-order valence-electron chi connectivity index (χ4n) is 3.91. The van der Waals surface area contributed by atoms with Crippen LogP contribution in [0.1, 0.15) is 36.5 Å². The van der Waals surface area contributed by atoms with E-state index in [2.05, 4.69) is 19.9 Å². The van der Waals surface area contributed by atoms with Crippen LogP contribution in [0, 0.1) is 13.8 Å². The van der Waals surface area contributed by atoms with Crippen LogP contribution in [0.25, 0.3) is 20.2 Å². The molecule has 7 heteroatoms. The third kappa shape index (κ3) is 5.87. The second-order valence-electron chi connectivity index (χ2n) is 9.35. The molecule has 5 aromatic rings. The Hall–Kier alpha value is -2.79. The summed E-state index contributed by atoms with van der Waals surface area (Å²) in [5.74, 6) is 2.00. The third-order valence-corrected chi connectivity index (χ3v) is 12.4. The van der Waals surface area contributed by atoms with Gasteiger partial charge in [0.05, 0.1) is 0 Å². The molecular formula is C30H27O4S2Sb. The summed E-state index contributed by atoms with van der Waals surface area (Å²) >= 11 is -2.91. The molecule has 0 unspecified atom stereocenters. The van der Waals surface area contributed by atoms with Crippen molar-refractivity contribution in [1.29, 1.82) is 0 Å². The Morgan fingerprint density at radius 3 is 1.68 bits per heavy atom. The molecule has 0 aliphatic heterocycles. The summed E-state index contributed by atoms with van der Waals surface area (Å²) in [6, 6.07) is 26.9. The van der Waals surface area contributed by atoms with Crippen LogP contribution < -0.4 is 14.5 Å². The molecule has 0 N–H and O–H groups in total. The van der Waals surface area contributed by atoms with Crippen LogP contribution in [0.2, 0.25) is 0 Å². The molecule has 1 heterocycles. The van der Waals surface area contributed by atoms with Crippen molar-refractivity contribution in [3.8, 4) is 17.2 Å². The molecule has 0 amide bonds. The average molecular weight is 637 g/mol. The molecule has 0 fully saturated rings. The predicted octanol–water partition coefficient (Wildman–Crippen LogP) is 8.32. The minimum absolute atomic E-state index is 0.0143. The molecule has 0 bridgehead atoms. The van der Waals surface area contributed by atoms with Crippen LogP contribution in [0.5, 0.6) is 17.2 Å². The van der Waals surface area contributed by atoms with Crippen molar-refractivity contribution >= 4 is 58.8 Å². The Morgan fingerprint density at radius 2 is 1.14 bits per heavy atom. The monoisotopic (exact) mass is 636 g/mol. The molecule has 0 aliphatic rings. The number of aryl methyl sites for hydroxylation is 2. The predicted molar refractivity (Wildman–Crippen MR) is 157 cm³/mol. The van der Waals surface area contributed by atoms with E-state index in [9.17, 15) is 4.79 Å². The number of benzene rings is 4. The number of fused-ring (bicyclic) bond motifs is 2. The maximum atomic E-state index is 13.5. The van der Waals surface area contributed by atoms with Crippen molar-refractivity contribution in [2.75, 3.05) is 0 Å². The third-order valence-electron chi connectivity index (χ3n) is 6.02. The normalized spacial score (nSPS) is 11.7. The van der Waals surface area contributed by atoms with E-state index in [1.807, 2.05) is 86.6 Å². The summed E-state index contributed by atoms with van der Waals surface area (Å²) in [7, 11) is 5.95. The Morgan fingerprint density at radius 1 is 0.676 bits per heavy atom. The number of hydrogen-bond acceptors (Lipinski definition) is 6. The molecule has 5 rings (SSSR count). The zero-order valence-corrected chi connectivity index (χ0v) is 25.2. The Labute approximate surface area is 229 Å². The van der Waals surface area contributed by atoms with Crippen molar-refractivity contribution in [2.24, 2.45) is 0 Å². The Bertz CT molecular complexity index is 1640. The van der Waals surface area contributed by atoms with Gasteiger partial charge in [-0.25, -0.2) is 0 Å². The molecule has 0 aliphatic carbocycles. The first-order valence-corrected chi connectivity index (χ1v) is 19.5. The van der Waals surface area contributed by atoms with Crippen LogP contribution >= 0.6 is 20.5 Å². The van der Waals surface area contributed by atoms with Gasteiger partial charge in [-0.05, 0) is 0 Å². The van der Waals surface area contributed by atoms with Gasteiger partial charge in [0.1, 0.15) is 0 Å². The average Bonchev–Trinajstić information content (AvgIpc) is 2.87. The first kappa shape index (κ1) is 25.8. The van der Waals surface area contributed by atoms with Gasteiger partial charge in [-0.15, -0.1) is 0 Å². The van der Waals surface area contributed by atoms with Crippen LogP contribution in [-0.4, -0.2) is 18.1 Å². The minimum atomic E-state index is -4.50. The van der Waals surface area contributed by atoms with Crippen molar-refractivity contribution in [1.82, 2.24) is 0 Å². The number of hydrogen-bond donors (Lipinski definition) is 0. The van der Waals surface area contributed by atoms with Crippen molar-refractivity contribution in [3.63, 3.8) is 0 Å². The Balaban J connectivity index is 1.55. The Kier molecular flexibility index (Phi) is 7.35. The second kappa shape index (κ2) is 10.5. The van der Waals surface area contributed by atoms with Gasteiger partial charge in [0.15, 0.2) is 0 Å². The van der Waals surface area contributed by atoms with Gasteiger partial charge < -0.3 is 0 Å². The molecule has 188 valence electrons. The van der Waals surface area contributed by atoms with Gasteiger partial charge in [0, 0.05) is 0 Å². The van der Waals surface area contributed by atoms with Gasteiger partial charge in [0.2, 0.25) is 0 Å². The van der Waals surface area contributed by atoms with E-state index < -0.39 is 18.1 Å². The SMILES string of the molecule is Cc1ccc([O][Sb](=[S])([O]c2ccc(C)cc2)[O]c2ccc3sc4ccc(C(C)C)cc4c(=O)c3c2)cc1. The van der Waals surface area contributed by atoms with Gasteiger partial charge >= 0.3 is 231 Å². The van der Waals surface area contributed by atoms with Crippen molar-refractivity contribution in [2.45, 2.75) is 33.6 Å². The van der Waals surface area contributed by atoms with Crippen LogP contribution in [0.4, 0.5) is 0 Å². The summed E-state index contributed by atoms with van der Waals surface area (Å²) in [4.78, 5) is 13.5. The van der Waals surface area contributed by atoms with E-state index in [0.717, 1.165) is 31.5 Å². The molecule has 0 radical (unpaired) electrons. The molecule has 1 aromatic heterocycles. The first-order chi connectivity index (χ1) is 17.7. The molecule has 0 spiro atoms. The zero-order valence-electron chi connectivity index (χ0n) is 21.1. The maximum absolute atomic E-state index is 13.5. The standard InChI is InChI=1S/C16H14O2S.2C7H8O.S.Sb/c1-9(2)10-3-5-14-12(7-10)16(18)13-8-11(17)4-6-15(13)19-14;2*1-6-2-4-7(8)5-3-6;;/h3-9,17H,1-2H3;2*2-5,8H,1H3;;/q;;;;+3/p-3. The first-order valence-electron chi connectivity index (χ1n) is 12.0. The fraction of sp³-hybridized carbons (Fsp3) is 0.167. The molecule has 37 heavy (non-hydrogen) atoms. The van der Waals surface area contributed by atoms with Crippen molar-refractivity contribution < 1.29 is 9.05 Å². The summed E-state index contributed by atoms with van der Waals surface area (Å²) in [5.41, 5.74) is 3.35. The van der Waals surface area contributed by atoms with E-state index in [1.54, 1.807) is 17.4 Å². The summed E-state index contributed by atoms with van der Waals surface area (Å²) in [5, 5.41) is 1.32. The second-order valence-corrected chi connectivity index (χ2v) is 17.5. The number of rotatable bonds is 7. The van der Waals surface area contributed by atoms with E-state index in [1.165, 1.54) is 0 Å². The molecule has 4 aromatic carbocycles. The van der Waals surface area contributed by atoms with Crippen LogP contribution in [-0.2, 0) is 0 Å². The summed E-state index contributed by atoms with van der Waals surface area (Å²) in [6.07, 6.45) is 0. The topological polar surface area (TPSA) is 44.8 Å². The quantitative estimate of drug-likeness (QED) is 0.133. The van der Waals surface area contributed by atoms with Crippen molar-refractivity contribution in [3.05, 3.63) is 112 Å². The van der Waals surface area contributed by atoms with Gasteiger partial charge in [-0.3, -0.25) is 0 Å². The molecule has 4 nitrogen and oxygen atoms in total. The van der Waals surface area contributed by atoms with E-state index in [-0.39, 0.29) is 5.43 Å². The molecule has 0 saturated carbocycles. The molecular weight excluding hydrogens is 610 g/mol. The van der Waals surface area contributed by atoms with Gasteiger partial charge in [0.25, 0.3) is 0 Å². The molecule has 0 saturated heterocycles. The van der Waals surface area contributed by atoms with Gasteiger partial charge in [-0.2, -0.15) is 0 Å². The van der Waals surface area contributed by atoms with Crippen LogP contribution in [0.3, 0.4) is 0 Å². The summed E-state index contributed by atoms with van der Waals surface area (Å²) < 4.78 is 20.7. The van der Waals surface area contributed by atoms with E-state index in [0.29, 0.717) is 28.6 Å². The molecule has 0 atom stereocenters. The summed E-state index contributed by atoms with van der Waals surface area (Å²) in [6.45, 7) is 8.27. The van der Waals surface area contributed by atoms with Crippen LogP contribution in [0.15, 0.2) is 89.7 Å². The zero-order chi connectivity index (χ0) is 26.2. The fourth-order valence-corrected chi connectivity index (χ4v) is 10.2. The van der Waals surface area contributed by atoms with E-state index >= 15 is 0 Å².